The lowest BCUT2D eigenvalue weighted by Gasteiger charge is -2.39. The summed E-state index contributed by atoms with van der Waals surface area (Å²) in [6, 6.07) is 5.77. The Morgan fingerprint density at radius 3 is 2.75 bits per heavy atom. The van der Waals surface area contributed by atoms with Gasteiger partial charge in [0.15, 0.2) is 0 Å². The number of rotatable bonds is 1. The molecule has 1 aliphatic rings. The van der Waals surface area contributed by atoms with Crippen LogP contribution in [0.5, 0.6) is 0 Å². The van der Waals surface area contributed by atoms with Gasteiger partial charge in [-0.25, -0.2) is 0 Å². The first-order valence-electron chi connectivity index (χ1n) is 5.78. The van der Waals surface area contributed by atoms with Gasteiger partial charge in [0.05, 0.1) is 11.4 Å². The molecule has 2 nitrogen and oxygen atoms in total. The summed E-state index contributed by atoms with van der Waals surface area (Å²) in [5.74, 6) is 0. The SMILES string of the molecule is CC1(C)CCCN(c2ccc(Cl)cc2N)C1. The Balaban J connectivity index is 2.23. The molecule has 0 saturated carbocycles. The van der Waals surface area contributed by atoms with Gasteiger partial charge >= 0.3 is 0 Å². The molecule has 0 aromatic heterocycles. The van der Waals surface area contributed by atoms with E-state index in [2.05, 4.69) is 18.7 Å². The van der Waals surface area contributed by atoms with Crippen molar-refractivity contribution >= 4 is 23.0 Å². The molecule has 3 heteroatoms. The number of hydrogen-bond acceptors (Lipinski definition) is 2. The van der Waals surface area contributed by atoms with Gasteiger partial charge in [0.25, 0.3) is 0 Å². The molecule has 1 aromatic carbocycles. The van der Waals surface area contributed by atoms with Crippen LogP contribution in [0, 0.1) is 5.41 Å². The van der Waals surface area contributed by atoms with Gasteiger partial charge < -0.3 is 10.6 Å². The molecule has 1 saturated heterocycles. The monoisotopic (exact) mass is 238 g/mol. The summed E-state index contributed by atoms with van der Waals surface area (Å²) in [7, 11) is 0. The van der Waals surface area contributed by atoms with E-state index < -0.39 is 0 Å². The first kappa shape index (κ1) is 11.6. The minimum absolute atomic E-state index is 0.379. The maximum Gasteiger partial charge on any atom is 0.0601 e. The van der Waals surface area contributed by atoms with E-state index >= 15 is 0 Å². The van der Waals surface area contributed by atoms with E-state index in [4.69, 9.17) is 17.3 Å². The van der Waals surface area contributed by atoms with E-state index in [1.54, 1.807) is 0 Å². The van der Waals surface area contributed by atoms with Crippen molar-refractivity contribution < 1.29 is 0 Å². The van der Waals surface area contributed by atoms with Crippen molar-refractivity contribution in [2.75, 3.05) is 23.7 Å². The van der Waals surface area contributed by atoms with Crippen LogP contribution in [-0.4, -0.2) is 13.1 Å². The van der Waals surface area contributed by atoms with Crippen LogP contribution in [0.4, 0.5) is 11.4 Å². The highest BCUT2D eigenvalue weighted by Crippen LogP contribution is 2.34. The molecule has 1 fully saturated rings. The number of benzene rings is 1. The van der Waals surface area contributed by atoms with Gasteiger partial charge in [-0.3, -0.25) is 0 Å². The summed E-state index contributed by atoms with van der Waals surface area (Å²) in [4.78, 5) is 2.37. The van der Waals surface area contributed by atoms with Crippen LogP contribution in [0.3, 0.4) is 0 Å². The number of piperidine rings is 1. The second-order valence-corrected chi connectivity index (χ2v) is 5.83. The summed E-state index contributed by atoms with van der Waals surface area (Å²) in [6.07, 6.45) is 2.52. The van der Waals surface area contributed by atoms with E-state index in [1.807, 2.05) is 18.2 Å². The largest absolute Gasteiger partial charge is 0.397 e. The first-order chi connectivity index (χ1) is 7.48. The lowest BCUT2D eigenvalue weighted by Crippen LogP contribution is -2.40. The summed E-state index contributed by atoms with van der Waals surface area (Å²) in [5, 5.41) is 0.706. The molecular formula is C13H19ClN2. The van der Waals surface area contributed by atoms with Crippen LogP contribution in [0.2, 0.25) is 5.02 Å². The molecule has 0 unspecified atom stereocenters. The summed E-state index contributed by atoms with van der Waals surface area (Å²) in [6.45, 7) is 6.78. The fraction of sp³-hybridized carbons (Fsp3) is 0.538. The Morgan fingerprint density at radius 1 is 1.38 bits per heavy atom. The molecule has 0 radical (unpaired) electrons. The summed E-state index contributed by atoms with van der Waals surface area (Å²) < 4.78 is 0. The van der Waals surface area contributed by atoms with Crippen LogP contribution >= 0.6 is 11.6 Å². The predicted octanol–water partition coefficient (Wildman–Crippen LogP) is 3.55. The van der Waals surface area contributed by atoms with Gasteiger partial charge in [0.1, 0.15) is 0 Å². The van der Waals surface area contributed by atoms with Gasteiger partial charge in [-0.05, 0) is 36.5 Å². The molecule has 0 atom stereocenters. The van der Waals surface area contributed by atoms with E-state index in [0.29, 0.717) is 10.4 Å². The fourth-order valence-electron chi connectivity index (χ4n) is 2.44. The highest BCUT2D eigenvalue weighted by Gasteiger charge is 2.27. The van der Waals surface area contributed by atoms with Gasteiger partial charge in [-0.1, -0.05) is 25.4 Å². The molecule has 0 aliphatic carbocycles. The van der Waals surface area contributed by atoms with Gasteiger partial charge in [0, 0.05) is 18.1 Å². The number of hydrogen-bond donors (Lipinski definition) is 1. The molecule has 0 amide bonds. The standard InChI is InChI=1S/C13H19ClN2/c1-13(2)6-3-7-16(9-13)12-5-4-10(14)8-11(12)15/h4-5,8H,3,6-7,9,15H2,1-2H3. The molecular weight excluding hydrogens is 220 g/mol. The number of nitrogens with zero attached hydrogens (tertiary/aromatic N) is 1. The Labute approximate surface area is 102 Å². The third-order valence-electron chi connectivity index (χ3n) is 3.23. The third kappa shape index (κ3) is 2.43. The topological polar surface area (TPSA) is 29.3 Å². The number of halogens is 1. The zero-order chi connectivity index (χ0) is 11.8. The van der Waals surface area contributed by atoms with Crippen LogP contribution < -0.4 is 10.6 Å². The zero-order valence-corrected chi connectivity index (χ0v) is 10.7. The molecule has 0 spiro atoms. The summed E-state index contributed by atoms with van der Waals surface area (Å²) >= 11 is 5.91. The minimum atomic E-state index is 0.379. The molecule has 1 aliphatic heterocycles. The van der Waals surface area contributed by atoms with Gasteiger partial charge in [0.2, 0.25) is 0 Å². The Kier molecular flexibility index (Phi) is 3.02. The van der Waals surface area contributed by atoms with Crippen molar-refractivity contribution in [3.63, 3.8) is 0 Å². The average Bonchev–Trinajstić information content (AvgIpc) is 2.15. The van der Waals surface area contributed by atoms with Crippen molar-refractivity contribution in [1.82, 2.24) is 0 Å². The Morgan fingerprint density at radius 2 is 2.12 bits per heavy atom. The van der Waals surface area contributed by atoms with Crippen molar-refractivity contribution in [3.8, 4) is 0 Å². The summed E-state index contributed by atoms with van der Waals surface area (Å²) in [5.41, 5.74) is 8.30. The third-order valence-corrected chi connectivity index (χ3v) is 3.47. The van der Waals surface area contributed by atoms with Crippen LogP contribution in [0.25, 0.3) is 0 Å². The van der Waals surface area contributed by atoms with Crippen molar-refractivity contribution in [2.45, 2.75) is 26.7 Å². The second kappa shape index (κ2) is 4.17. The molecule has 88 valence electrons. The van der Waals surface area contributed by atoms with E-state index in [9.17, 15) is 0 Å². The normalized spacial score (nSPS) is 19.8. The smallest absolute Gasteiger partial charge is 0.0601 e. The molecule has 1 heterocycles. The molecule has 2 rings (SSSR count). The number of anilines is 2. The minimum Gasteiger partial charge on any atom is -0.397 e. The van der Waals surface area contributed by atoms with Crippen LogP contribution in [-0.2, 0) is 0 Å². The average molecular weight is 239 g/mol. The van der Waals surface area contributed by atoms with Crippen LogP contribution in [0.1, 0.15) is 26.7 Å². The molecule has 0 bridgehead atoms. The molecule has 1 aromatic rings. The molecule has 16 heavy (non-hydrogen) atoms. The maximum atomic E-state index is 6.01. The quantitative estimate of drug-likeness (QED) is 0.759. The van der Waals surface area contributed by atoms with Crippen molar-refractivity contribution in [1.29, 1.82) is 0 Å². The van der Waals surface area contributed by atoms with E-state index in [1.165, 1.54) is 12.8 Å². The van der Waals surface area contributed by atoms with Crippen molar-refractivity contribution in [3.05, 3.63) is 23.2 Å². The molecule has 2 N–H and O–H groups in total. The van der Waals surface area contributed by atoms with E-state index in [0.717, 1.165) is 24.5 Å². The predicted molar refractivity (Wildman–Crippen MR) is 71.1 cm³/mol. The van der Waals surface area contributed by atoms with Crippen molar-refractivity contribution in [2.24, 2.45) is 5.41 Å². The second-order valence-electron chi connectivity index (χ2n) is 5.39. The highest BCUT2D eigenvalue weighted by atomic mass is 35.5. The van der Waals surface area contributed by atoms with Gasteiger partial charge in [-0.15, -0.1) is 0 Å². The highest BCUT2D eigenvalue weighted by molar-refractivity contribution is 6.31. The zero-order valence-electron chi connectivity index (χ0n) is 9.96. The Bertz CT molecular complexity index is 388. The lowest BCUT2D eigenvalue weighted by atomic mass is 9.84. The lowest BCUT2D eigenvalue weighted by molar-refractivity contribution is 0.293. The van der Waals surface area contributed by atoms with Crippen LogP contribution in [0.15, 0.2) is 18.2 Å². The van der Waals surface area contributed by atoms with E-state index in [-0.39, 0.29) is 0 Å². The maximum absolute atomic E-state index is 6.01. The van der Waals surface area contributed by atoms with Gasteiger partial charge in [-0.2, -0.15) is 0 Å². The number of nitrogens with two attached hydrogens (primary N) is 1. The number of nitrogen functional groups attached to an aromatic ring is 1. The first-order valence-corrected chi connectivity index (χ1v) is 6.16. The fourth-order valence-corrected chi connectivity index (χ4v) is 2.62. The Hall–Kier alpha value is -0.890.